The van der Waals surface area contributed by atoms with Gasteiger partial charge >= 0.3 is 0 Å². The number of hydrogen-bond acceptors (Lipinski definition) is 4. The minimum atomic E-state index is 0.712. The number of nitrogens with one attached hydrogen (secondary N) is 1. The Bertz CT molecular complexity index is 446. The molecule has 0 spiro atoms. The zero-order chi connectivity index (χ0) is 11.4. The van der Waals surface area contributed by atoms with Crippen molar-refractivity contribution in [3.05, 3.63) is 41.7 Å². The van der Waals surface area contributed by atoms with Crippen molar-refractivity contribution >= 4 is 0 Å². The third kappa shape index (κ3) is 2.87. The van der Waals surface area contributed by atoms with Crippen LogP contribution in [0, 0.1) is 6.92 Å². The summed E-state index contributed by atoms with van der Waals surface area (Å²) in [5, 5.41) is 7.55. The van der Waals surface area contributed by atoms with Crippen LogP contribution in [0.15, 0.2) is 24.7 Å². The summed E-state index contributed by atoms with van der Waals surface area (Å²) in [7, 11) is 1.91. The van der Waals surface area contributed by atoms with Crippen molar-refractivity contribution in [1.29, 1.82) is 0 Å². The quantitative estimate of drug-likeness (QED) is 0.823. The van der Waals surface area contributed by atoms with Gasteiger partial charge < -0.3 is 5.32 Å². The molecule has 2 aromatic rings. The lowest BCUT2D eigenvalue weighted by Gasteiger charge is -2.01. The highest BCUT2D eigenvalue weighted by molar-refractivity contribution is 5.02. The average Bonchev–Trinajstić information content (AvgIpc) is 2.67. The third-order valence-electron chi connectivity index (χ3n) is 2.22. The summed E-state index contributed by atoms with van der Waals surface area (Å²) in [6.45, 7) is 3.39. The molecule has 0 saturated carbocycles. The van der Waals surface area contributed by atoms with Gasteiger partial charge in [0.1, 0.15) is 0 Å². The molecule has 0 fully saturated rings. The van der Waals surface area contributed by atoms with E-state index in [2.05, 4.69) is 20.4 Å². The van der Waals surface area contributed by atoms with Crippen LogP contribution in [-0.4, -0.2) is 19.7 Å². The van der Waals surface area contributed by atoms with Crippen LogP contribution in [0.1, 0.15) is 17.1 Å². The van der Waals surface area contributed by atoms with Crippen LogP contribution >= 0.6 is 0 Å². The number of aryl methyl sites for hydroxylation is 2. The fraction of sp³-hybridized carbons (Fsp3) is 0.364. The van der Waals surface area contributed by atoms with E-state index < -0.39 is 0 Å². The van der Waals surface area contributed by atoms with Crippen molar-refractivity contribution in [3.8, 4) is 0 Å². The van der Waals surface area contributed by atoms with Crippen molar-refractivity contribution in [2.45, 2.75) is 20.0 Å². The molecule has 5 nitrogen and oxygen atoms in total. The smallest absolute Gasteiger partial charge is 0.0762 e. The van der Waals surface area contributed by atoms with E-state index in [1.807, 2.05) is 26.2 Å². The van der Waals surface area contributed by atoms with Gasteiger partial charge in [-0.3, -0.25) is 14.6 Å². The van der Waals surface area contributed by atoms with Crippen molar-refractivity contribution < 1.29 is 0 Å². The molecule has 0 aliphatic rings. The molecule has 0 saturated heterocycles. The molecule has 0 atom stereocenters. The van der Waals surface area contributed by atoms with E-state index in [0.717, 1.165) is 23.6 Å². The minimum absolute atomic E-state index is 0.712. The largest absolute Gasteiger partial charge is 0.305 e. The molecule has 0 radical (unpaired) electrons. The first-order chi connectivity index (χ1) is 7.74. The third-order valence-corrected chi connectivity index (χ3v) is 2.22. The summed E-state index contributed by atoms with van der Waals surface area (Å²) in [5.74, 6) is 0. The monoisotopic (exact) mass is 217 g/mol. The van der Waals surface area contributed by atoms with Gasteiger partial charge in [-0.15, -0.1) is 0 Å². The second kappa shape index (κ2) is 4.85. The summed E-state index contributed by atoms with van der Waals surface area (Å²) in [5.41, 5.74) is 2.91. The molecular weight excluding hydrogens is 202 g/mol. The first kappa shape index (κ1) is 10.8. The topological polar surface area (TPSA) is 55.6 Å². The lowest BCUT2D eigenvalue weighted by Crippen LogP contribution is -2.14. The molecule has 1 N–H and O–H groups in total. The van der Waals surface area contributed by atoms with Crippen LogP contribution in [0.4, 0.5) is 0 Å². The lowest BCUT2D eigenvalue weighted by molar-refractivity contribution is 0.645. The number of nitrogens with zero attached hydrogens (tertiary/aromatic N) is 4. The predicted molar refractivity (Wildman–Crippen MR) is 60.5 cm³/mol. The van der Waals surface area contributed by atoms with Gasteiger partial charge in [0.05, 0.1) is 17.1 Å². The highest BCUT2D eigenvalue weighted by atomic mass is 15.3. The van der Waals surface area contributed by atoms with Crippen LogP contribution in [0.2, 0.25) is 0 Å². The highest BCUT2D eigenvalue weighted by Crippen LogP contribution is 1.96. The van der Waals surface area contributed by atoms with Crippen LogP contribution in [0.3, 0.4) is 0 Å². The predicted octanol–water partition coefficient (Wildman–Crippen LogP) is 0.808. The molecule has 0 amide bonds. The van der Waals surface area contributed by atoms with E-state index in [-0.39, 0.29) is 0 Å². The van der Waals surface area contributed by atoms with E-state index >= 15 is 0 Å². The van der Waals surface area contributed by atoms with E-state index in [1.165, 1.54) is 0 Å². The van der Waals surface area contributed by atoms with E-state index in [0.29, 0.717) is 6.54 Å². The van der Waals surface area contributed by atoms with Gasteiger partial charge in [0.2, 0.25) is 0 Å². The Labute approximate surface area is 94.5 Å². The lowest BCUT2D eigenvalue weighted by atomic mass is 10.4. The maximum Gasteiger partial charge on any atom is 0.0762 e. The fourth-order valence-corrected chi connectivity index (χ4v) is 1.39. The van der Waals surface area contributed by atoms with Gasteiger partial charge in [-0.1, -0.05) is 0 Å². The highest BCUT2D eigenvalue weighted by Gasteiger charge is 1.98. The summed E-state index contributed by atoms with van der Waals surface area (Å²) in [4.78, 5) is 8.45. The molecular formula is C11H15N5. The number of hydrogen-bond donors (Lipinski definition) is 1. The zero-order valence-electron chi connectivity index (χ0n) is 9.51. The van der Waals surface area contributed by atoms with Gasteiger partial charge in [-0.25, -0.2) is 0 Å². The molecule has 0 aliphatic heterocycles. The van der Waals surface area contributed by atoms with Gasteiger partial charge in [0.25, 0.3) is 0 Å². The Morgan fingerprint density at radius 1 is 1.19 bits per heavy atom. The Balaban J connectivity index is 1.82. The van der Waals surface area contributed by atoms with E-state index in [1.54, 1.807) is 17.1 Å². The van der Waals surface area contributed by atoms with Crippen LogP contribution in [0.25, 0.3) is 0 Å². The Morgan fingerprint density at radius 2 is 2.00 bits per heavy atom. The SMILES string of the molecule is Cc1cnc(CNCc2ccn(C)n2)cn1. The Kier molecular flexibility index (Phi) is 3.26. The van der Waals surface area contributed by atoms with Gasteiger partial charge in [0, 0.05) is 38.7 Å². The van der Waals surface area contributed by atoms with Crippen molar-refractivity contribution in [3.63, 3.8) is 0 Å². The first-order valence-electron chi connectivity index (χ1n) is 5.21. The Morgan fingerprint density at radius 3 is 2.62 bits per heavy atom. The van der Waals surface area contributed by atoms with Gasteiger partial charge in [-0.05, 0) is 13.0 Å². The minimum Gasteiger partial charge on any atom is -0.305 e. The van der Waals surface area contributed by atoms with Crippen molar-refractivity contribution in [1.82, 2.24) is 25.1 Å². The van der Waals surface area contributed by atoms with Crippen LogP contribution in [-0.2, 0) is 20.1 Å². The van der Waals surface area contributed by atoms with Gasteiger partial charge in [0.15, 0.2) is 0 Å². The molecule has 0 unspecified atom stereocenters. The molecule has 2 rings (SSSR count). The average molecular weight is 217 g/mol. The van der Waals surface area contributed by atoms with Gasteiger partial charge in [-0.2, -0.15) is 5.10 Å². The summed E-state index contributed by atoms with van der Waals surface area (Å²) in [6.07, 6.45) is 5.50. The maximum absolute atomic E-state index is 4.27. The number of aromatic nitrogens is 4. The second-order valence-corrected chi connectivity index (χ2v) is 3.73. The number of rotatable bonds is 4. The molecule has 2 aromatic heterocycles. The zero-order valence-corrected chi connectivity index (χ0v) is 9.51. The van der Waals surface area contributed by atoms with Crippen molar-refractivity contribution in [2.24, 2.45) is 7.05 Å². The molecule has 0 bridgehead atoms. The van der Waals surface area contributed by atoms with Crippen LogP contribution < -0.4 is 5.32 Å². The molecule has 0 aromatic carbocycles. The summed E-state index contributed by atoms with van der Waals surface area (Å²) >= 11 is 0. The standard InChI is InChI=1S/C11H15N5/c1-9-5-14-11(8-13-9)7-12-6-10-3-4-16(2)15-10/h3-5,8,12H,6-7H2,1-2H3. The summed E-state index contributed by atoms with van der Waals surface area (Å²) < 4.78 is 1.79. The molecule has 0 aliphatic carbocycles. The van der Waals surface area contributed by atoms with E-state index in [9.17, 15) is 0 Å². The van der Waals surface area contributed by atoms with E-state index in [4.69, 9.17) is 0 Å². The first-order valence-corrected chi connectivity index (χ1v) is 5.21. The second-order valence-electron chi connectivity index (χ2n) is 3.73. The molecule has 84 valence electrons. The molecule has 16 heavy (non-hydrogen) atoms. The summed E-state index contributed by atoms with van der Waals surface area (Å²) in [6, 6.07) is 1.99. The van der Waals surface area contributed by atoms with Crippen LogP contribution in [0.5, 0.6) is 0 Å². The fourth-order valence-electron chi connectivity index (χ4n) is 1.39. The normalized spacial score (nSPS) is 10.6. The molecule has 2 heterocycles. The Hall–Kier alpha value is -1.75. The molecule has 5 heteroatoms. The maximum atomic E-state index is 4.27. The van der Waals surface area contributed by atoms with Crippen molar-refractivity contribution in [2.75, 3.05) is 0 Å².